The third-order valence-electron chi connectivity index (χ3n) is 6.01. The molecule has 2 aliphatic heterocycles. The molecule has 4 nitrogen and oxygen atoms in total. The van der Waals surface area contributed by atoms with Gasteiger partial charge in [-0.15, -0.1) is 0 Å². The van der Waals surface area contributed by atoms with Crippen LogP contribution in [0.3, 0.4) is 0 Å². The lowest BCUT2D eigenvalue weighted by molar-refractivity contribution is -0.131. The van der Waals surface area contributed by atoms with Gasteiger partial charge in [0.25, 0.3) is 0 Å². The number of nitrogens with one attached hydrogen (secondary N) is 1. The lowest BCUT2D eigenvalue weighted by Crippen LogP contribution is -2.60. The summed E-state index contributed by atoms with van der Waals surface area (Å²) in [6, 6.07) is 10.8. The molecule has 2 atom stereocenters. The summed E-state index contributed by atoms with van der Waals surface area (Å²) in [5.74, 6) is 0.158. The average molecular weight is 314 g/mol. The molecule has 3 fully saturated rings. The van der Waals surface area contributed by atoms with Crippen molar-refractivity contribution in [2.75, 3.05) is 6.54 Å². The van der Waals surface area contributed by atoms with Crippen LogP contribution in [0.5, 0.6) is 0 Å². The topological polar surface area (TPSA) is 52.6 Å². The van der Waals surface area contributed by atoms with Gasteiger partial charge in [-0.1, -0.05) is 36.8 Å². The van der Waals surface area contributed by atoms with Crippen molar-refractivity contribution >= 4 is 5.91 Å². The van der Waals surface area contributed by atoms with E-state index in [0.29, 0.717) is 18.9 Å². The fourth-order valence-electron chi connectivity index (χ4n) is 4.77. The number of hydrogen-bond donors (Lipinski definition) is 2. The number of aliphatic hydroxyl groups excluding tert-OH is 1. The molecule has 23 heavy (non-hydrogen) atoms. The number of benzene rings is 1. The van der Waals surface area contributed by atoms with E-state index in [4.69, 9.17) is 0 Å². The third kappa shape index (κ3) is 2.68. The van der Waals surface area contributed by atoms with E-state index < -0.39 is 0 Å². The average Bonchev–Trinajstić information content (AvgIpc) is 2.98. The molecule has 1 amide bonds. The second-order valence-electron chi connectivity index (χ2n) is 7.48. The SMILES string of the molecule is O=C(NC1(c2ccccc2)CC(O)C1)C1CCC2CCCCN21. The molecular weight excluding hydrogens is 288 g/mol. The maximum Gasteiger partial charge on any atom is 0.238 e. The number of piperidine rings is 1. The number of amides is 1. The van der Waals surface area contributed by atoms with Crippen molar-refractivity contribution in [3.8, 4) is 0 Å². The second-order valence-corrected chi connectivity index (χ2v) is 7.48. The standard InChI is InChI=1S/C19H26N2O2/c22-16-12-19(13-16,14-6-2-1-3-7-14)20-18(23)17-10-9-15-8-4-5-11-21(15)17/h1-3,6-7,15-17,22H,4-5,8-13H2,(H,20,23). The Balaban J connectivity index is 1.50. The summed E-state index contributed by atoms with van der Waals surface area (Å²) in [5.41, 5.74) is 0.748. The maximum absolute atomic E-state index is 13.0. The highest BCUT2D eigenvalue weighted by Crippen LogP contribution is 2.42. The Morgan fingerprint density at radius 3 is 2.65 bits per heavy atom. The summed E-state index contributed by atoms with van der Waals surface area (Å²) in [6.45, 7) is 1.06. The van der Waals surface area contributed by atoms with E-state index in [-0.39, 0.29) is 23.6 Å². The van der Waals surface area contributed by atoms with Crippen LogP contribution < -0.4 is 5.32 Å². The van der Waals surface area contributed by atoms with E-state index in [9.17, 15) is 9.90 Å². The molecule has 2 heterocycles. The van der Waals surface area contributed by atoms with Gasteiger partial charge in [-0.3, -0.25) is 9.69 Å². The highest BCUT2D eigenvalue weighted by Gasteiger charge is 2.48. The fraction of sp³-hybridized carbons (Fsp3) is 0.632. The largest absolute Gasteiger partial charge is 0.393 e. The molecule has 0 radical (unpaired) electrons. The first-order valence-electron chi connectivity index (χ1n) is 8.99. The predicted octanol–water partition coefficient (Wildman–Crippen LogP) is 2.17. The molecule has 4 heteroatoms. The van der Waals surface area contributed by atoms with Crippen molar-refractivity contribution in [2.45, 2.75) is 68.7 Å². The van der Waals surface area contributed by atoms with E-state index >= 15 is 0 Å². The molecule has 0 bridgehead atoms. The number of carbonyl (C=O) groups excluding carboxylic acids is 1. The predicted molar refractivity (Wildman–Crippen MR) is 88.9 cm³/mol. The van der Waals surface area contributed by atoms with Gasteiger partial charge in [-0.2, -0.15) is 0 Å². The summed E-state index contributed by atoms with van der Waals surface area (Å²) in [4.78, 5) is 15.4. The Labute approximate surface area is 137 Å². The minimum atomic E-state index is -0.369. The van der Waals surface area contributed by atoms with Crippen LogP contribution in [0.15, 0.2) is 30.3 Å². The first-order chi connectivity index (χ1) is 11.2. The van der Waals surface area contributed by atoms with Gasteiger partial charge < -0.3 is 10.4 Å². The van der Waals surface area contributed by atoms with Crippen molar-refractivity contribution in [2.24, 2.45) is 0 Å². The molecule has 3 aliphatic rings. The summed E-state index contributed by atoms with van der Waals surface area (Å²) in [6.07, 6.45) is 6.83. The zero-order chi connectivity index (χ0) is 15.9. The van der Waals surface area contributed by atoms with Gasteiger partial charge in [-0.25, -0.2) is 0 Å². The van der Waals surface area contributed by atoms with Gasteiger partial charge in [0.15, 0.2) is 0 Å². The zero-order valence-electron chi connectivity index (χ0n) is 13.6. The van der Waals surface area contributed by atoms with Crippen LogP contribution >= 0.6 is 0 Å². The van der Waals surface area contributed by atoms with Crippen LogP contribution in [-0.2, 0) is 10.3 Å². The van der Waals surface area contributed by atoms with Gasteiger partial charge in [0.1, 0.15) is 0 Å². The quantitative estimate of drug-likeness (QED) is 0.899. The van der Waals surface area contributed by atoms with Crippen LogP contribution in [0.2, 0.25) is 0 Å². The minimum Gasteiger partial charge on any atom is -0.393 e. The molecule has 2 saturated heterocycles. The van der Waals surface area contributed by atoms with Gasteiger partial charge >= 0.3 is 0 Å². The first kappa shape index (κ1) is 15.2. The lowest BCUT2D eigenvalue weighted by Gasteiger charge is -2.47. The monoisotopic (exact) mass is 314 g/mol. The summed E-state index contributed by atoms with van der Waals surface area (Å²) < 4.78 is 0. The van der Waals surface area contributed by atoms with Crippen molar-refractivity contribution in [1.82, 2.24) is 10.2 Å². The molecule has 1 aromatic carbocycles. The van der Waals surface area contributed by atoms with Crippen LogP contribution in [0.25, 0.3) is 0 Å². The van der Waals surface area contributed by atoms with E-state index in [1.807, 2.05) is 18.2 Å². The molecule has 4 rings (SSSR count). The molecule has 0 spiro atoms. The van der Waals surface area contributed by atoms with Crippen LogP contribution in [-0.4, -0.2) is 40.6 Å². The Morgan fingerprint density at radius 2 is 1.91 bits per heavy atom. The molecular formula is C19H26N2O2. The Bertz CT molecular complexity index is 568. The molecule has 2 unspecified atom stereocenters. The van der Waals surface area contributed by atoms with Crippen molar-refractivity contribution in [3.05, 3.63) is 35.9 Å². The van der Waals surface area contributed by atoms with Gasteiger partial charge in [0, 0.05) is 18.9 Å². The number of rotatable bonds is 3. The van der Waals surface area contributed by atoms with Crippen LogP contribution in [0, 0.1) is 0 Å². The molecule has 1 saturated carbocycles. The second kappa shape index (κ2) is 5.91. The lowest BCUT2D eigenvalue weighted by atomic mass is 9.69. The molecule has 1 aliphatic carbocycles. The Hall–Kier alpha value is -1.39. The Kier molecular flexibility index (Phi) is 3.90. The van der Waals surface area contributed by atoms with Crippen LogP contribution in [0.1, 0.15) is 50.5 Å². The first-order valence-corrected chi connectivity index (χ1v) is 8.99. The normalized spacial score (nSPS) is 37.0. The highest BCUT2D eigenvalue weighted by molar-refractivity contribution is 5.83. The summed E-state index contributed by atoms with van der Waals surface area (Å²) >= 11 is 0. The fourth-order valence-corrected chi connectivity index (χ4v) is 4.77. The smallest absolute Gasteiger partial charge is 0.238 e. The summed E-state index contributed by atoms with van der Waals surface area (Å²) in [7, 11) is 0. The van der Waals surface area contributed by atoms with E-state index in [1.165, 1.54) is 19.3 Å². The highest BCUT2D eigenvalue weighted by atomic mass is 16.3. The third-order valence-corrected chi connectivity index (χ3v) is 6.01. The molecule has 1 aromatic rings. The number of nitrogens with zero attached hydrogens (tertiary/aromatic N) is 1. The number of hydrogen-bond acceptors (Lipinski definition) is 3. The number of aliphatic hydroxyl groups is 1. The van der Waals surface area contributed by atoms with E-state index in [1.54, 1.807) is 0 Å². The van der Waals surface area contributed by atoms with E-state index in [0.717, 1.165) is 24.9 Å². The van der Waals surface area contributed by atoms with Crippen molar-refractivity contribution in [1.29, 1.82) is 0 Å². The minimum absolute atomic E-state index is 0.0265. The van der Waals surface area contributed by atoms with Gasteiger partial charge in [0.2, 0.25) is 5.91 Å². The summed E-state index contributed by atoms with van der Waals surface area (Å²) in [5, 5.41) is 13.2. The van der Waals surface area contributed by atoms with Gasteiger partial charge in [-0.05, 0) is 37.8 Å². The molecule has 124 valence electrons. The Morgan fingerprint density at radius 1 is 1.13 bits per heavy atom. The molecule has 2 N–H and O–H groups in total. The molecule has 0 aromatic heterocycles. The van der Waals surface area contributed by atoms with Crippen molar-refractivity contribution in [3.63, 3.8) is 0 Å². The van der Waals surface area contributed by atoms with Crippen molar-refractivity contribution < 1.29 is 9.90 Å². The van der Waals surface area contributed by atoms with E-state index in [2.05, 4.69) is 22.3 Å². The van der Waals surface area contributed by atoms with Crippen LogP contribution in [0.4, 0.5) is 0 Å². The number of fused-ring (bicyclic) bond motifs is 1. The number of carbonyl (C=O) groups is 1. The zero-order valence-corrected chi connectivity index (χ0v) is 13.6. The maximum atomic E-state index is 13.0. The van der Waals surface area contributed by atoms with Gasteiger partial charge in [0.05, 0.1) is 17.7 Å².